The fourth-order valence-electron chi connectivity index (χ4n) is 0.799. The average molecular weight is 153 g/mol. The molecule has 4 heteroatoms. The first-order chi connectivity index (χ1) is 5.15. The maximum atomic E-state index is 11.0. The number of aryl methyl sites for hydroxylation is 1. The number of hydrogen-bond acceptors (Lipinski definition) is 3. The molecule has 4 nitrogen and oxygen atoms in total. The number of nitrogen functional groups attached to an aromatic ring is 1. The van der Waals surface area contributed by atoms with Crippen molar-refractivity contribution in [1.29, 1.82) is 0 Å². The van der Waals surface area contributed by atoms with Crippen molar-refractivity contribution in [3.05, 3.63) is 11.8 Å². The highest BCUT2D eigenvalue weighted by atomic mass is 16.1. The number of hydrogen-bond donors (Lipinski definition) is 1. The van der Waals surface area contributed by atoms with Gasteiger partial charge in [-0.15, -0.1) is 0 Å². The number of carbonyl (C=O) groups excluding carboxylic acids is 1. The first kappa shape index (κ1) is 7.78. The predicted octanol–water partition coefficient (Wildman–Crippen LogP) is 0.595. The van der Waals surface area contributed by atoms with Gasteiger partial charge in [0.15, 0.2) is 5.78 Å². The van der Waals surface area contributed by atoms with E-state index in [2.05, 4.69) is 5.10 Å². The lowest BCUT2D eigenvalue weighted by atomic mass is 10.2. The van der Waals surface area contributed by atoms with Gasteiger partial charge in [0, 0.05) is 19.5 Å². The van der Waals surface area contributed by atoms with Gasteiger partial charge < -0.3 is 5.73 Å². The Bertz CT molecular complexity index is 258. The number of nitrogens with zero attached hydrogens (tertiary/aromatic N) is 2. The zero-order valence-corrected chi connectivity index (χ0v) is 6.66. The van der Waals surface area contributed by atoms with Crippen molar-refractivity contribution < 1.29 is 4.79 Å². The molecule has 1 heterocycles. The summed E-state index contributed by atoms with van der Waals surface area (Å²) in [6, 6.07) is 1.59. The lowest BCUT2D eigenvalue weighted by Gasteiger charge is -1.89. The number of ketones is 1. The first-order valence-corrected chi connectivity index (χ1v) is 3.48. The summed E-state index contributed by atoms with van der Waals surface area (Å²) >= 11 is 0. The zero-order chi connectivity index (χ0) is 8.43. The van der Waals surface area contributed by atoms with Crippen LogP contribution in [0.4, 0.5) is 5.82 Å². The molecule has 0 aliphatic heterocycles. The van der Waals surface area contributed by atoms with Crippen LogP contribution in [0.1, 0.15) is 23.8 Å². The number of aromatic nitrogens is 2. The molecular formula is C7H11N3O. The molecule has 0 radical (unpaired) electrons. The van der Waals surface area contributed by atoms with Crippen LogP contribution in [0.2, 0.25) is 0 Å². The van der Waals surface area contributed by atoms with Crippen molar-refractivity contribution in [2.24, 2.45) is 7.05 Å². The molecule has 0 unspecified atom stereocenters. The van der Waals surface area contributed by atoms with Gasteiger partial charge in [-0.25, -0.2) is 0 Å². The molecule has 0 aliphatic rings. The molecule has 0 fully saturated rings. The highest BCUT2D eigenvalue weighted by Gasteiger charge is 2.07. The number of rotatable bonds is 2. The van der Waals surface area contributed by atoms with Crippen LogP contribution in [0.3, 0.4) is 0 Å². The van der Waals surface area contributed by atoms with Gasteiger partial charge in [-0.05, 0) is 0 Å². The van der Waals surface area contributed by atoms with Crippen molar-refractivity contribution in [2.75, 3.05) is 5.73 Å². The molecule has 0 bridgehead atoms. The molecular weight excluding hydrogens is 142 g/mol. The van der Waals surface area contributed by atoms with E-state index in [-0.39, 0.29) is 5.78 Å². The Labute approximate surface area is 65.0 Å². The SMILES string of the molecule is CCC(=O)c1cc(N)n(C)n1. The smallest absolute Gasteiger partial charge is 0.182 e. The first-order valence-electron chi connectivity index (χ1n) is 3.48. The summed E-state index contributed by atoms with van der Waals surface area (Å²) in [6.07, 6.45) is 0.469. The van der Waals surface area contributed by atoms with Crippen LogP contribution >= 0.6 is 0 Å². The summed E-state index contributed by atoms with van der Waals surface area (Å²) in [5.41, 5.74) is 5.93. The third-order valence-electron chi connectivity index (χ3n) is 1.52. The van der Waals surface area contributed by atoms with E-state index in [1.54, 1.807) is 20.0 Å². The van der Waals surface area contributed by atoms with Gasteiger partial charge in [-0.1, -0.05) is 6.92 Å². The van der Waals surface area contributed by atoms with Crippen LogP contribution in [-0.2, 0) is 7.05 Å². The fourth-order valence-corrected chi connectivity index (χ4v) is 0.799. The lowest BCUT2D eigenvalue weighted by molar-refractivity contribution is 0.0982. The Balaban J connectivity index is 2.97. The number of Topliss-reactive ketones (excluding diaryl/α,β-unsaturated/α-hetero) is 1. The molecule has 0 aliphatic carbocycles. The molecule has 2 N–H and O–H groups in total. The molecule has 0 atom stereocenters. The largest absolute Gasteiger partial charge is 0.384 e. The van der Waals surface area contributed by atoms with Crippen molar-refractivity contribution in [2.45, 2.75) is 13.3 Å². The average Bonchev–Trinajstić information content (AvgIpc) is 2.31. The molecule has 0 saturated carbocycles. The topological polar surface area (TPSA) is 60.9 Å². The van der Waals surface area contributed by atoms with Gasteiger partial charge in [0.2, 0.25) is 0 Å². The second-order valence-corrected chi connectivity index (χ2v) is 2.35. The van der Waals surface area contributed by atoms with Crippen LogP contribution < -0.4 is 5.73 Å². The highest BCUT2D eigenvalue weighted by Crippen LogP contribution is 2.05. The Morgan fingerprint density at radius 1 is 1.82 bits per heavy atom. The van der Waals surface area contributed by atoms with Gasteiger partial charge in [-0.2, -0.15) is 5.10 Å². The molecule has 1 aromatic heterocycles. The van der Waals surface area contributed by atoms with E-state index in [1.165, 1.54) is 4.68 Å². The van der Waals surface area contributed by atoms with E-state index >= 15 is 0 Å². The molecule has 1 aromatic rings. The van der Waals surface area contributed by atoms with Crippen LogP contribution in [0.25, 0.3) is 0 Å². The molecule has 0 saturated heterocycles. The minimum Gasteiger partial charge on any atom is -0.384 e. The van der Waals surface area contributed by atoms with Gasteiger partial charge in [0.25, 0.3) is 0 Å². The van der Waals surface area contributed by atoms with Crippen molar-refractivity contribution >= 4 is 11.6 Å². The minimum atomic E-state index is 0.0253. The number of carbonyl (C=O) groups is 1. The second kappa shape index (κ2) is 2.74. The fraction of sp³-hybridized carbons (Fsp3) is 0.429. The third-order valence-corrected chi connectivity index (χ3v) is 1.52. The number of anilines is 1. The highest BCUT2D eigenvalue weighted by molar-refractivity contribution is 5.94. The Morgan fingerprint density at radius 2 is 2.45 bits per heavy atom. The molecule has 0 aromatic carbocycles. The van der Waals surface area contributed by atoms with Crippen molar-refractivity contribution in [1.82, 2.24) is 9.78 Å². The lowest BCUT2D eigenvalue weighted by Crippen LogP contribution is -2.00. The molecule has 60 valence electrons. The van der Waals surface area contributed by atoms with Gasteiger partial charge >= 0.3 is 0 Å². The van der Waals surface area contributed by atoms with Gasteiger partial charge in [0.1, 0.15) is 11.5 Å². The molecule has 1 rings (SSSR count). The second-order valence-electron chi connectivity index (χ2n) is 2.35. The maximum Gasteiger partial charge on any atom is 0.182 e. The Hall–Kier alpha value is -1.32. The summed E-state index contributed by atoms with van der Waals surface area (Å²) in [5.74, 6) is 0.541. The number of nitrogens with two attached hydrogens (primary N) is 1. The third kappa shape index (κ3) is 1.39. The monoisotopic (exact) mass is 153 g/mol. The molecule has 0 amide bonds. The van der Waals surface area contributed by atoms with E-state index in [1.807, 2.05) is 0 Å². The Morgan fingerprint density at radius 3 is 2.82 bits per heavy atom. The normalized spacial score (nSPS) is 10.0. The Kier molecular flexibility index (Phi) is 1.94. The van der Waals surface area contributed by atoms with E-state index < -0.39 is 0 Å². The summed E-state index contributed by atoms with van der Waals surface area (Å²) in [6.45, 7) is 1.80. The van der Waals surface area contributed by atoms with Crippen LogP contribution in [0.5, 0.6) is 0 Å². The molecule has 11 heavy (non-hydrogen) atoms. The van der Waals surface area contributed by atoms with Gasteiger partial charge in [0.05, 0.1) is 0 Å². The van der Waals surface area contributed by atoms with Gasteiger partial charge in [-0.3, -0.25) is 9.48 Å². The minimum absolute atomic E-state index is 0.0253. The summed E-state index contributed by atoms with van der Waals surface area (Å²) < 4.78 is 1.49. The van der Waals surface area contributed by atoms with Crippen LogP contribution in [0.15, 0.2) is 6.07 Å². The van der Waals surface area contributed by atoms with Crippen molar-refractivity contribution in [3.8, 4) is 0 Å². The van der Waals surface area contributed by atoms with E-state index in [0.717, 1.165) is 0 Å². The van der Waals surface area contributed by atoms with Crippen LogP contribution in [-0.4, -0.2) is 15.6 Å². The van der Waals surface area contributed by atoms with Crippen molar-refractivity contribution in [3.63, 3.8) is 0 Å². The maximum absolute atomic E-state index is 11.0. The summed E-state index contributed by atoms with van der Waals surface area (Å²) in [4.78, 5) is 11.0. The zero-order valence-electron chi connectivity index (χ0n) is 6.66. The summed E-state index contributed by atoms with van der Waals surface area (Å²) in [7, 11) is 1.71. The quantitative estimate of drug-likeness (QED) is 0.633. The summed E-state index contributed by atoms with van der Waals surface area (Å²) in [5, 5.41) is 3.92. The van der Waals surface area contributed by atoms with E-state index in [9.17, 15) is 4.79 Å². The van der Waals surface area contributed by atoms with Crippen LogP contribution in [0, 0.1) is 0 Å². The molecule has 0 spiro atoms. The predicted molar refractivity (Wildman–Crippen MR) is 42.2 cm³/mol. The van der Waals surface area contributed by atoms with E-state index in [0.29, 0.717) is 17.9 Å². The van der Waals surface area contributed by atoms with E-state index in [4.69, 9.17) is 5.73 Å². The standard InChI is InChI=1S/C7H11N3O/c1-3-6(11)5-4-7(8)10(2)9-5/h4H,3,8H2,1-2H3.